The first-order valence-electron chi connectivity index (χ1n) is 9.05. The molecule has 0 bridgehead atoms. The Morgan fingerprint density at radius 2 is 1.90 bits per heavy atom. The minimum absolute atomic E-state index is 0.194. The monoisotopic (exact) mass is 454 g/mol. The Bertz CT molecular complexity index is 1110. The molecule has 0 radical (unpaired) electrons. The van der Waals surface area contributed by atoms with Crippen molar-refractivity contribution in [2.24, 2.45) is 0 Å². The average Bonchev–Trinajstić information content (AvgIpc) is 2.98. The van der Waals surface area contributed by atoms with E-state index in [0.717, 1.165) is 21.4 Å². The lowest BCUT2D eigenvalue weighted by atomic mass is 10.1. The van der Waals surface area contributed by atoms with Gasteiger partial charge in [-0.15, -0.1) is 0 Å². The van der Waals surface area contributed by atoms with Gasteiger partial charge in [0, 0.05) is 21.2 Å². The van der Waals surface area contributed by atoms with Crippen LogP contribution in [0.3, 0.4) is 0 Å². The van der Waals surface area contributed by atoms with Crippen molar-refractivity contribution in [1.82, 2.24) is 4.57 Å². The molecular formula is C22H19BrN2O4. The van der Waals surface area contributed by atoms with E-state index in [-0.39, 0.29) is 25.4 Å². The maximum absolute atomic E-state index is 12.7. The highest BCUT2D eigenvalue weighted by Gasteiger charge is 2.22. The van der Waals surface area contributed by atoms with Crippen LogP contribution in [0.1, 0.15) is 29.4 Å². The van der Waals surface area contributed by atoms with Crippen LogP contribution in [0.15, 0.2) is 46.9 Å². The molecule has 0 amide bonds. The summed E-state index contributed by atoms with van der Waals surface area (Å²) in [5.41, 5.74) is 2.93. The molecule has 0 atom stereocenters. The van der Waals surface area contributed by atoms with E-state index >= 15 is 0 Å². The average molecular weight is 455 g/mol. The lowest BCUT2D eigenvalue weighted by Crippen LogP contribution is -2.10. The Balaban J connectivity index is 2.11. The summed E-state index contributed by atoms with van der Waals surface area (Å²) in [6.45, 7) is 3.70. The SMILES string of the molecule is CCOC(=O)c1c(C)n(-c2ccc(Br)cc2)c2ccc(OCC(=O)CC#N)cc12. The number of rotatable bonds is 7. The van der Waals surface area contributed by atoms with E-state index in [4.69, 9.17) is 14.7 Å². The van der Waals surface area contributed by atoms with Gasteiger partial charge in [-0.05, 0) is 56.3 Å². The first-order valence-corrected chi connectivity index (χ1v) is 9.85. The van der Waals surface area contributed by atoms with Crippen molar-refractivity contribution in [3.8, 4) is 17.5 Å². The normalized spacial score (nSPS) is 10.6. The van der Waals surface area contributed by atoms with Crippen molar-refractivity contribution in [2.75, 3.05) is 13.2 Å². The summed E-state index contributed by atoms with van der Waals surface area (Å²) in [6.07, 6.45) is -0.199. The van der Waals surface area contributed by atoms with Gasteiger partial charge in [-0.1, -0.05) is 15.9 Å². The molecule has 6 nitrogen and oxygen atoms in total. The summed E-state index contributed by atoms with van der Waals surface area (Å²) < 4.78 is 13.7. The molecule has 0 N–H and O–H groups in total. The third-order valence-corrected chi connectivity index (χ3v) is 4.94. The van der Waals surface area contributed by atoms with E-state index in [1.165, 1.54) is 0 Å². The molecule has 0 saturated carbocycles. The maximum atomic E-state index is 12.7. The van der Waals surface area contributed by atoms with Gasteiger partial charge in [0.1, 0.15) is 12.4 Å². The molecule has 0 aliphatic carbocycles. The Morgan fingerprint density at radius 3 is 2.55 bits per heavy atom. The smallest absolute Gasteiger partial charge is 0.340 e. The predicted octanol–water partition coefficient (Wildman–Crippen LogP) is 4.74. The Kier molecular flexibility index (Phi) is 6.35. The van der Waals surface area contributed by atoms with Crippen LogP contribution in [-0.4, -0.2) is 29.5 Å². The minimum atomic E-state index is -0.413. The molecule has 0 aliphatic rings. The van der Waals surface area contributed by atoms with Crippen LogP contribution in [0.25, 0.3) is 16.6 Å². The van der Waals surface area contributed by atoms with Crippen molar-refractivity contribution in [3.05, 3.63) is 58.2 Å². The van der Waals surface area contributed by atoms with E-state index in [1.54, 1.807) is 25.1 Å². The first-order chi connectivity index (χ1) is 14.0. The van der Waals surface area contributed by atoms with Crippen LogP contribution in [0, 0.1) is 18.3 Å². The van der Waals surface area contributed by atoms with E-state index in [1.807, 2.05) is 41.8 Å². The zero-order chi connectivity index (χ0) is 21.0. The highest BCUT2D eigenvalue weighted by molar-refractivity contribution is 9.10. The summed E-state index contributed by atoms with van der Waals surface area (Å²) >= 11 is 3.44. The fourth-order valence-corrected chi connectivity index (χ4v) is 3.44. The number of ketones is 1. The van der Waals surface area contributed by atoms with Crippen molar-refractivity contribution in [3.63, 3.8) is 0 Å². The third kappa shape index (κ3) is 4.33. The van der Waals surface area contributed by atoms with Gasteiger partial charge < -0.3 is 14.0 Å². The minimum Gasteiger partial charge on any atom is -0.486 e. The van der Waals surface area contributed by atoms with Gasteiger partial charge >= 0.3 is 5.97 Å². The summed E-state index contributed by atoms with van der Waals surface area (Å²) in [5.74, 6) is -0.271. The molecule has 0 fully saturated rings. The van der Waals surface area contributed by atoms with E-state index < -0.39 is 5.97 Å². The van der Waals surface area contributed by atoms with E-state index in [9.17, 15) is 9.59 Å². The van der Waals surface area contributed by atoms with Crippen LogP contribution >= 0.6 is 15.9 Å². The second-order valence-corrected chi connectivity index (χ2v) is 7.25. The van der Waals surface area contributed by atoms with Crippen LogP contribution in [0.4, 0.5) is 0 Å². The molecule has 7 heteroatoms. The van der Waals surface area contributed by atoms with Crippen molar-refractivity contribution < 1.29 is 19.1 Å². The number of hydrogen-bond donors (Lipinski definition) is 0. The lowest BCUT2D eigenvalue weighted by molar-refractivity contribution is -0.120. The second kappa shape index (κ2) is 8.93. The molecule has 29 heavy (non-hydrogen) atoms. The summed E-state index contributed by atoms with van der Waals surface area (Å²) in [7, 11) is 0. The number of carbonyl (C=O) groups is 2. The van der Waals surface area contributed by atoms with Gasteiger partial charge in [-0.3, -0.25) is 4.79 Å². The summed E-state index contributed by atoms with van der Waals surface area (Å²) in [5, 5.41) is 9.27. The van der Waals surface area contributed by atoms with Crippen LogP contribution in [0.2, 0.25) is 0 Å². The molecule has 3 aromatic rings. The first kappa shape index (κ1) is 20.6. The number of hydrogen-bond acceptors (Lipinski definition) is 5. The molecule has 0 saturated heterocycles. The predicted molar refractivity (Wildman–Crippen MR) is 112 cm³/mol. The van der Waals surface area contributed by atoms with Gasteiger partial charge in [-0.2, -0.15) is 5.26 Å². The molecule has 0 aliphatic heterocycles. The zero-order valence-corrected chi connectivity index (χ0v) is 17.7. The van der Waals surface area contributed by atoms with Crippen molar-refractivity contribution in [1.29, 1.82) is 5.26 Å². The Morgan fingerprint density at radius 1 is 1.17 bits per heavy atom. The van der Waals surface area contributed by atoms with Gasteiger partial charge in [0.25, 0.3) is 0 Å². The number of nitriles is 1. The van der Waals surface area contributed by atoms with E-state index in [0.29, 0.717) is 16.7 Å². The van der Waals surface area contributed by atoms with Gasteiger partial charge in [-0.25, -0.2) is 4.79 Å². The second-order valence-electron chi connectivity index (χ2n) is 6.33. The number of esters is 1. The number of halogens is 1. The number of benzene rings is 2. The topological polar surface area (TPSA) is 81.3 Å². The summed E-state index contributed by atoms with van der Waals surface area (Å²) in [4.78, 5) is 24.2. The lowest BCUT2D eigenvalue weighted by Gasteiger charge is -2.09. The molecule has 0 spiro atoms. The molecule has 148 valence electrons. The third-order valence-electron chi connectivity index (χ3n) is 4.42. The molecule has 0 unspecified atom stereocenters. The van der Waals surface area contributed by atoms with Crippen molar-refractivity contribution >= 4 is 38.6 Å². The number of ether oxygens (including phenoxy) is 2. The number of carbonyl (C=O) groups excluding carboxylic acids is 2. The number of aromatic nitrogens is 1. The Labute approximate surface area is 176 Å². The fraction of sp³-hybridized carbons (Fsp3) is 0.227. The number of nitrogens with zero attached hydrogens (tertiary/aromatic N) is 2. The molecular weight excluding hydrogens is 436 g/mol. The van der Waals surface area contributed by atoms with Gasteiger partial charge in [0.05, 0.1) is 30.2 Å². The van der Waals surface area contributed by atoms with Crippen molar-refractivity contribution in [2.45, 2.75) is 20.3 Å². The molecule has 3 rings (SSSR count). The highest BCUT2D eigenvalue weighted by atomic mass is 79.9. The maximum Gasteiger partial charge on any atom is 0.340 e. The zero-order valence-electron chi connectivity index (χ0n) is 16.1. The molecule has 1 aromatic heterocycles. The van der Waals surface area contributed by atoms with Crippen LogP contribution in [0.5, 0.6) is 5.75 Å². The number of fused-ring (bicyclic) bond motifs is 1. The molecule has 2 aromatic carbocycles. The highest BCUT2D eigenvalue weighted by Crippen LogP contribution is 2.33. The fourth-order valence-electron chi connectivity index (χ4n) is 3.17. The Hall–Kier alpha value is -3.11. The van der Waals surface area contributed by atoms with E-state index in [2.05, 4.69) is 15.9 Å². The van der Waals surface area contributed by atoms with Gasteiger partial charge in [0.15, 0.2) is 5.78 Å². The largest absolute Gasteiger partial charge is 0.486 e. The van der Waals surface area contributed by atoms with Crippen LogP contribution < -0.4 is 4.74 Å². The standard InChI is InChI=1S/C22H19BrN2O4/c1-3-28-22(27)21-14(2)25(16-6-4-15(23)5-7-16)20-9-8-18(12-19(20)21)29-13-17(26)10-11-24/h4-9,12H,3,10,13H2,1-2H3. The van der Waals surface area contributed by atoms with Crippen LogP contribution in [-0.2, 0) is 9.53 Å². The number of Topliss-reactive ketones (excluding diaryl/α,β-unsaturated/α-hetero) is 1. The van der Waals surface area contributed by atoms with Gasteiger partial charge in [0.2, 0.25) is 0 Å². The quantitative estimate of drug-likeness (QED) is 0.481. The summed E-state index contributed by atoms with van der Waals surface area (Å²) in [6, 6.07) is 14.9. The molecule has 1 heterocycles.